The maximum Gasteiger partial charge on any atom is 0.133 e. The van der Waals surface area contributed by atoms with E-state index in [1.165, 1.54) is 57.1 Å². The van der Waals surface area contributed by atoms with Crippen LogP contribution in [0, 0.1) is 0 Å². The molecule has 0 radical (unpaired) electrons. The van der Waals surface area contributed by atoms with E-state index in [1.54, 1.807) is 7.11 Å². The fourth-order valence-corrected chi connectivity index (χ4v) is 2.85. The van der Waals surface area contributed by atoms with Crippen molar-refractivity contribution in [3.63, 3.8) is 0 Å². The summed E-state index contributed by atoms with van der Waals surface area (Å²) in [6, 6.07) is 7.24. The van der Waals surface area contributed by atoms with Crippen molar-refractivity contribution in [1.82, 2.24) is 5.32 Å². The zero-order chi connectivity index (χ0) is 13.5. The molecular weight excluding hydrogens is 302 g/mol. The van der Waals surface area contributed by atoms with Gasteiger partial charge >= 0.3 is 0 Å². The molecule has 0 aliphatic heterocycles. The summed E-state index contributed by atoms with van der Waals surface area (Å²) in [6.07, 6.45) is 9.23. The minimum atomic E-state index is 0.858. The number of ether oxygens (including phenoxy) is 1. The fraction of sp³-hybridized carbons (Fsp3) is 0.625. The fourth-order valence-electron chi connectivity index (χ4n) is 2.27. The van der Waals surface area contributed by atoms with E-state index in [-0.39, 0.29) is 0 Å². The maximum atomic E-state index is 5.24. The van der Waals surface area contributed by atoms with Gasteiger partial charge in [0.1, 0.15) is 5.75 Å². The van der Waals surface area contributed by atoms with E-state index in [1.807, 2.05) is 6.07 Å². The molecule has 3 heteroatoms. The van der Waals surface area contributed by atoms with Gasteiger partial charge in [0, 0.05) is 6.04 Å². The van der Waals surface area contributed by atoms with E-state index in [0.717, 1.165) is 16.3 Å². The number of unbranched alkanes of at least 4 members (excludes halogenated alkanes) is 3. The molecule has 2 rings (SSSR count). The molecule has 0 saturated heterocycles. The summed E-state index contributed by atoms with van der Waals surface area (Å²) in [5.41, 5.74) is 1.39. The first kappa shape index (κ1) is 14.9. The van der Waals surface area contributed by atoms with Crippen LogP contribution in [0.3, 0.4) is 0 Å². The van der Waals surface area contributed by atoms with Crippen molar-refractivity contribution < 1.29 is 4.74 Å². The Morgan fingerprint density at radius 3 is 2.68 bits per heavy atom. The molecule has 2 nitrogen and oxygen atoms in total. The standard InChI is InChI=1S/C16H24BrNO/c1-19-16-10-7-13(12-15(16)17)6-4-2-3-5-11-18-14-8-9-14/h7,10,12,14,18H,2-6,8-9,11H2,1H3. The molecule has 1 fully saturated rings. The van der Waals surface area contributed by atoms with Crippen LogP contribution in [-0.4, -0.2) is 19.7 Å². The number of methoxy groups -OCH3 is 1. The summed E-state index contributed by atoms with van der Waals surface area (Å²) in [7, 11) is 1.70. The van der Waals surface area contributed by atoms with Crippen molar-refractivity contribution in [3.8, 4) is 5.75 Å². The number of hydrogen-bond acceptors (Lipinski definition) is 2. The van der Waals surface area contributed by atoms with Gasteiger partial charge in [-0.2, -0.15) is 0 Å². The van der Waals surface area contributed by atoms with Gasteiger partial charge in [0.25, 0.3) is 0 Å². The van der Waals surface area contributed by atoms with E-state index in [4.69, 9.17) is 4.74 Å². The predicted octanol–water partition coefficient (Wildman–Crippen LogP) is 4.31. The van der Waals surface area contributed by atoms with E-state index in [9.17, 15) is 0 Å². The van der Waals surface area contributed by atoms with Crippen molar-refractivity contribution in [2.45, 2.75) is 51.0 Å². The molecule has 0 bridgehead atoms. The van der Waals surface area contributed by atoms with Crippen molar-refractivity contribution in [2.75, 3.05) is 13.7 Å². The predicted molar refractivity (Wildman–Crippen MR) is 83.9 cm³/mol. The highest BCUT2D eigenvalue weighted by Gasteiger charge is 2.19. The van der Waals surface area contributed by atoms with Crippen LogP contribution < -0.4 is 10.1 Å². The highest BCUT2D eigenvalue weighted by molar-refractivity contribution is 9.10. The molecule has 0 unspecified atom stereocenters. The first-order valence-electron chi connectivity index (χ1n) is 7.35. The average Bonchev–Trinajstić information content (AvgIpc) is 3.22. The maximum absolute atomic E-state index is 5.24. The van der Waals surface area contributed by atoms with Crippen LogP contribution in [0.25, 0.3) is 0 Å². The highest BCUT2D eigenvalue weighted by atomic mass is 79.9. The molecule has 1 N–H and O–H groups in total. The highest BCUT2D eigenvalue weighted by Crippen LogP contribution is 2.26. The third-order valence-electron chi connectivity index (χ3n) is 3.62. The van der Waals surface area contributed by atoms with Crippen molar-refractivity contribution in [3.05, 3.63) is 28.2 Å². The van der Waals surface area contributed by atoms with Gasteiger partial charge in [0.2, 0.25) is 0 Å². The van der Waals surface area contributed by atoms with Gasteiger partial charge in [-0.3, -0.25) is 0 Å². The molecule has 1 aromatic rings. The summed E-state index contributed by atoms with van der Waals surface area (Å²) < 4.78 is 6.30. The molecule has 1 aromatic carbocycles. The third-order valence-corrected chi connectivity index (χ3v) is 4.24. The molecule has 1 aliphatic carbocycles. The number of halogens is 1. The van der Waals surface area contributed by atoms with Crippen LogP contribution in [0.2, 0.25) is 0 Å². The molecule has 0 heterocycles. The molecule has 0 spiro atoms. The van der Waals surface area contributed by atoms with Crippen LogP contribution in [0.15, 0.2) is 22.7 Å². The molecule has 106 valence electrons. The normalized spacial score (nSPS) is 14.6. The van der Waals surface area contributed by atoms with Crippen molar-refractivity contribution in [1.29, 1.82) is 0 Å². The van der Waals surface area contributed by atoms with Crippen molar-refractivity contribution >= 4 is 15.9 Å². The Bertz CT molecular complexity index is 390. The average molecular weight is 326 g/mol. The molecule has 0 atom stereocenters. The number of benzene rings is 1. The number of nitrogens with one attached hydrogen (secondary N) is 1. The lowest BCUT2D eigenvalue weighted by Gasteiger charge is -2.06. The van der Waals surface area contributed by atoms with Gasteiger partial charge in [-0.05, 0) is 72.3 Å². The molecular formula is C16H24BrNO. The Kier molecular flexibility index (Phi) is 6.18. The van der Waals surface area contributed by atoms with Gasteiger partial charge in [-0.1, -0.05) is 18.9 Å². The summed E-state index contributed by atoms with van der Waals surface area (Å²) in [6.45, 7) is 1.21. The topological polar surface area (TPSA) is 21.3 Å². The Morgan fingerprint density at radius 2 is 2.00 bits per heavy atom. The molecule has 0 amide bonds. The lowest BCUT2D eigenvalue weighted by atomic mass is 10.1. The van der Waals surface area contributed by atoms with E-state index in [2.05, 4.69) is 33.4 Å². The number of rotatable bonds is 9. The number of aryl methyl sites for hydroxylation is 1. The summed E-state index contributed by atoms with van der Waals surface area (Å²) in [4.78, 5) is 0. The lowest BCUT2D eigenvalue weighted by molar-refractivity contribution is 0.412. The minimum absolute atomic E-state index is 0.858. The second-order valence-corrected chi connectivity index (χ2v) is 6.22. The zero-order valence-electron chi connectivity index (χ0n) is 11.8. The van der Waals surface area contributed by atoms with E-state index >= 15 is 0 Å². The summed E-state index contributed by atoms with van der Waals surface area (Å²) >= 11 is 3.54. The lowest BCUT2D eigenvalue weighted by Crippen LogP contribution is -2.17. The third kappa shape index (κ3) is 5.53. The molecule has 19 heavy (non-hydrogen) atoms. The van der Waals surface area contributed by atoms with Crippen LogP contribution in [0.5, 0.6) is 5.75 Å². The van der Waals surface area contributed by atoms with Gasteiger partial charge < -0.3 is 10.1 Å². The molecule has 1 aliphatic rings. The SMILES string of the molecule is COc1ccc(CCCCCCNC2CC2)cc1Br. The van der Waals surface area contributed by atoms with Crippen LogP contribution in [0.1, 0.15) is 44.1 Å². The van der Waals surface area contributed by atoms with Gasteiger partial charge in [-0.25, -0.2) is 0 Å². The van der Waals surface area contributed by atoms with E-state index in [0.29, 0.717) is 0 Å². The van der Waals surface area contributed by atoms with Crippen LogP contribution in [-0.2, 0) is 6.42 Å². The van der Waals surface area contributed by atoms with E-state index < -0.39 is 0 Å². The number of hydrogen-bond donors (Lipinski definition) is 1. The first-order valence-corrected chi connectivity index (χ1v) is 8.14. The zero-order valence-corrected chi connectivity index (χ0v) is 13.3. The largest absolute Gasteiger partial charge is 0.496 e. The van der Waals surface area contributed by atoms with Crippen molar-refractivity contribution in [2.24, 2.45) is 0 Å². The quantitative estimate of drug-likeness (QED) is 0.683. The Morgan fingerprint density at radius 1 is 1.21 bits per heavy atom. The van der Waals surface area contributed by atoms with Gasteiger partial charge in [0.15, 0.2) is 0 Å². The second kappa shape index (κ2) is 7.91. The van der Waals surface area contributed by atoms with Crippen LogP contribution in [0.4, 0.5) is 0 Å². The minimum Gasteiger partial charge on any atom is -0.496 e. The second-order valence-electron chi connectivity index (χ2n) is 5.36. The summed E-state index contributed by atoms with van der Waals surface area (Å²) in [5, 5.41) is 3.57. The Balaban J connectivity index is 1.55. The summed E-state index contributed by atoms with van der Waals surface area (Å²) in [5.74, 6) is 0.912. The Hall–Kier alpha value is -0.540. The molecule has 1 saturated carbocycles. The van der Waals surface area contributed by atoms with Gasteiger partial charge in [-0.15, -0.1) is 0 Å². The smallest absolute Gasteiger partial charge is 0.133 e. The van der Waals surface area contributed by atoms with Gasteiger partial charge in [0.05, 0.1) is 11.6 Å². The Labute approximate surface area is 125 Å². The monoisotopic (exact) mass is 325 g/mol. The first-order chi connectivity index (χ1) is 9.29. The van der Waals surface area contributed by atoms with Crippen LogP contribution >= 0.6 is 15.9 Å². The molecule has 0 aromatic heterocycles.